The summed E-state index contributed by atoms with van der Waals surface area (Å²) < 4.78 is 2.42. The Morgan fingerprint density at radius 2 is 1.15 bits per heavy atom. The van der Waals surface area contributed by atoms with Gasteiger partial charge in [-0.15, -0.1) is 45.3 Å². The monoisotopic (exact) mass is 786 g/mol. The Kier molecular flexibility index (Phi) is 11.7. The predicted octanol–water partition coefficient (Wildman–Crippen LogP) is 14.5. The Balaban J connectivity index is 1.31. The van der Waals surface area contributed by atoms with E-state index in [1.165, 1.54) is 73.3 Å². The van der Waals surface area contributed by atoms with Crippen LogP contribution in [0, 0.1) is 11.3 Å². The molecule has 0 atom stereocenters. The smallest absolute Gasteiger partial charge is 0.346 e. The van der Waals surface area contributed by atoms with Gasteiger partial charge in [-0.25, -0.2) is 4.79 Å². The number of nitrogens with zero attached hydrogens (tertiary/aromatic N) is 2. The average Bonchev–Trinajstić information content (AvgIpc) is 4.00. The molecule has 7 rings (SSSR count). The molecule has 4 nitrogen and oxygen atoms in total. The van der Waals surface area contributed by atoms with E-state index >= 15 is 0 Å². The summed E-state index contributed by atoms with van der Waals surface area (Å²) in [5.74, 6) is -1.18. The van der Waals surface area contributed by atoms with Gasteiger partial charge in [-0.2, -0.15) is 5.26 Å². The summed E-state index contributed by atoms with van der Waals surface area (Å²) in [5, 5.41) is 21.7. The van der Waals surface area contributed by atoms with E-state index in [4.69, 9.17) is 0 Å². The van der Waals surface area contributed by atoms with Crippen LogP contribution in [0.3, 0.4) is 0 Å². The number of nitriles is 1. The molecule has 0 aliphatic heterocycles. The van der Waals surface area contributed by atoms with Gasteiger partial charge in [0.2, 0.25) is 0 Å². The van der Waals surface area contributed by atoms with E-state index in [9.17, 15) is 15.2 Å². The zero-order chi connectivity index (χ0) is 37.9. The molecule has 0 saturated heterocycles. The largest absolute Gasteiger partial charge is 0.477 e. The Morgan fingerprint density at radius 1 is 0.648 bits per heavy atom. The summed E-state index contributed by atoms with van der Waals surface area (Å²) in [6.07, 6.45) is 9.63. The molecular formula is C46H46N2O2S4. The van der Waals surface area contributed by atoms with Crippen molar-refractivity contribution < 1.29 is 9.90 Å². The van der Waals surface area contributed by atoms with Gasteiger partial charge in [0.15, 0.2) is 0 Å². The zero-order valence-electron chi connectivity index (χ0n) is 31.7. The standard InChI is InChI=1S/C46H46N2O2S4/c1-6-13-28-22-40(51-38(28)26-33(27-47)46(49)50)43-31(15-8-3)24-42(53-43)45-32(16-9-4)25-41(54-45)44-30(14-7-2)23-39(52-44)29-19-20-37-35(21-29)34-17-11-12-18-36(34)48(37)10-5/h11-12,17-26H,6-10,13-16H2,1-5H3,(H,49,50)/b33-26-. The van der Waals surface area contributed by atoms with Gasteiger partial charge < -0.3 is 9.67 Å². The van der Waals surface area contributed by atoms with Crippen LogP contribution in [0.25, 0.3) is 67.6 Å². The molecule has 0 bridgehead atoms. The number of hydrogen-bond donors (Lipinski definition) is 1. The number of fused-ring (bicyclic) bond motifs is 3. The third-order valence-electron chi connectivity index (χ3n) is 10.0. The number of thiophene rings is 4. The highest BCUT2D eigenvalue weighted by Crippen LogP contribution is 2.50. The van der Waals surface area contributed by atoms with Gasteiger partial charge in [-0.05, 0) is 109 Å². The molecule has 0 fully saturated rings. The first-order valence-electron chi connectivity index (χ1n) is 19.2. The van der Waals surface area contributed by atoms with Gasteiger partial charge in [0.1, 0.15) is 11.6 Å². The van der Waals surface area contributed by atoms with Gasteiger partial charge in [0.25, 0.3) is 0 Å². The second-order valence-corrected chi connectivity index (χ2v) is 18.1. The summed E-state index contributed by atoms with van der Waals surface area (Å²) in [7, 11) is 0. The molecule has 0 amide bonds. The number of para-hydroxylation sites is 1. The first-order chi connectivity index (χ1) is 26.3. The fraction of sp³-hybridized carbons (Fsp3) is 0.304. The number of benzene rings is 2. The maximum Gasteiger partial charge on any atom is 0.346 e. The molecule has 276 valence electrons. The zero-order valence-corrected chi connectivity index (χ0v) is 34.9. The van der Waals surface area contributed by atoms with Gasteiger partial charge in [0, 0.05) is 67.4 Å². The lowest BCUT2D eigenvalue weighted by Crippen LogP contribution is -1.97. The highest BCUT2D eigenvalue weighted by atomic mass is 32.1. The van der Waals surface area contributed by atoms with Crippen LogP contribution in [0.5, 0.6) is 0 Å². The Morgan fingerprint density at radius 3 is 1.70 bits per heavy atom. The van der Waals surface area contributed by atoms with Crippen LogP contribution in [0.4, 0.5) is 0 Å². The Bertz CT molecular complexity index is 2540. The van der Waals surface area contributed by atoms with E-state index in [0.717, 1.165) is 73.2 Å². The van der Waals surface area contributed by atoms with Crippen LogP contribution in [0.15, 0.2) is 72.3 Å². The molecule has 0 aliphatic carbocycles. The maximum atomic E-state index is 11.7. The Labute approximate surface area is 334 Å². The molecule has 54 heavy (non-hydrogen) atoms. The van der Waals surface area contributed by atoms with E-state index in [1.807, 2.05) is 40.1 Å². The van der Waals surface area contributed by atoms with Crippen LogP contribution in [0.1, 0.15) is 87.4 Å². The molecule has 2 aromatic carbocycles. The number of carboxylic acids is 1. The first-order valence-corrected chi connectivity index (χ1v) is 22.5. The second kappa shape index (κ2) is 16.6. The number of aromatic nitrogens is 1. The van der Waals surface area contributed by atoms with Crippen molar-refractivity contribution in [2.45, 2.75) is 92.5 Å². The lowest BCUT2D eigenvalue weighted by Gasteiger charge is -2.03. The number of hydrogen-bond acceptors (Lipinski definition) is 6. The van der Waals surface area contributed by atoms with Crippen molar-refractivity contribution >= 4 is 79.2 Å². The minimum absolute atomic E-state index is 0.222. The van der Waals surface area contributed by atoms with Crippen molar-refractivity contribution in [2.75, 3.05) is 0 Å². The molecular weight excluding hydrogens is 741 g/mol. The molecule has 0 spiro atoms. The minimum Gasteiger partial charge on any atom is -0.477 e. The summed E-state index contributed by atoms with van der Waals surface area (Å²) in [6.45, 7) is 12.1. The first kappa shape index (κ1) is 38.0. The van der Waals surface area contributed by atoms with Crippen LogP contribution in [0.2, 0.25) is 0 Å². The van der Waals surface area contributed by atoms with Crippen molar-refractivity contribution in [3.8, 4) is 45.8 Å². The summed E-state index contributed by atoms with van der Waals surface area (Å²) >= 11 is 7.36. The minimum atomic E-state index is -1.18. The highest BCUT2D eigenvalue weighted by Gasteiger charge is 2.23. The molecule has 1 N–H and O–H groups in total. The van der Waals surface area contributed by atoms with E-state index in [-0.39, 0.29) is 5.57 Å². The Hall–Kier alpha value is -4.26. The molecule has 0 unspecified atom stereocenters. The number of rotatable bonds is 15. The van der Waals surface area contributed by atoms with Crippen molar-refractivity contribution in [1.29, 1.82) is 5.26 Å². The van der Waals surface area contributed by atoms with Crippen LogP contribution >= 0.6 is 45.3 Å². The normalized spacial score (nSPS) is 12.0. The lowest BCUT2D eigenvalue weighted by atomic mass is 10.0. The number of carboxylic acid groups (broad SMARTS) is 1. The van der Waals surface area contributed by atoms with Crippen molar-refractivity contribution in [3.63, 3.8) is 0 Å². The SMILES string of the molecule is CCCc1cc(-c2sc(-c3sc(-c4sc(-c5ccc6c(c5)c5ccccc5n6CC)cc4CCC)cc3CCC)cc2CCC)sc1/C=C(/C#N)C(=O)O. The van der Waals surface area contributed by atoms with Crippen molar-refractivity contribution in [3.05, 3.63) is 99.4 Å². The van der Waals surface area contributed by atoms with Gasteiger partial charge >= 0.3 is 5.97 Å². The molecule has 8 heteroatoms. The fourth-order valence-corrected chi connectivity index (χ4v) is 12.8. The van der Waals surface area contributed by atoms with E-state index < -0.39 is 5.97 Å². The number of aliphatic carboxylic acids is 1. The topological polar surface area (TPSA) is 66.0 Å². The number of carbonyl (C=O) groups is 1. The molecule has 0 radical (unpaired) electrons. The van der Waals surface area contributed by atoms with Crippen LogP contribution < -0.4 is 0 Å². The van der Waals surface area contributed by atoms with E-state index in [2.05, 4.69) is 106 Å². The van der Waals surface area contributed by atoms with Gasteiger partial charge in [-0.1, -0.05) is 77.6 Å². The van der Waals surface area contributed by atoms with Crippen LogP contribution in [-0.2, 0) is 37.0 Å². The molecule has 5 heterocycles. The van der Waals surface area contributed by atoms with E-state index in [0.29, 0.717) is 0 Å². The maximum absolute atomic E-state index is 11.7. The fourth-order valence-electron chi connectivity index (χ4n) is 7.61. The molecule has 0 saturated carbocycles. The van der Waals surface area contributed by atoms with Crippen molar-refractivity contribution in [1.82, 2.24) is 4.57 Å². The average molecular weight is 787 g/mol. The van der Waals surface area contributed by atoms with Gasteiger partial charge in [-0.3, -0.25) is 0 Å². The number of aryl methyl sites for hydroxylation is 5. The van der Waals surface area contributed by atoms with E-state index in [1.54, 1.807) is 17.4 Å². The molecule has 7 aromatic rings. The van der Waals surface area contributed by atoms with Crippen molar-refractivity contribution in [2.24, 2.45) is 0 Å². The third kappa shape index (κ3) is 7.27. The van der Waals surface area contributed by atoms with Crippen LogP contribution in [-0.4, -0.2) is 15.6 Å². The summed E-state index contributed by atoms with van der Waals surface area (Å²) in [4.78, 5) is 21.8. The second-order valence-electron chi connectivity index (χ2n) is 13.9. The lowest BCUT2D eigenvalue weighted by molar-refractivity contribution is -0.132. The molecule has 0 aliphatic rings. The summed E-state index contributed by atoms with van der Waals surface area (Å²) in [5.41, 5.74) is 8.96. The van der Waals surface area contributed by atoms with Gasteiger partial charge in [0.05, 0.1) is 0 Å². The molecule has 5 aromatic heterocycles. The third-order valence-corrected chi connectivity index (χ3v) is 15.3. The predicted molar refractivity (Wildman–Crippen MR) is 236 cm³/mol. The quantitative estimate of drug-likeness (QED) is 0.0831. The summed E-state index contributed by atoms with van der Waals surface area (Å²) in [6, 6.07) is 27.2. The highest BCUT2D eigenvalue weighted by molar-refractivity contribution is 7.29.